The van der Waals surface area contributed by atoms with Crippen LogP contribution in [-0.2, 0) is 17.7 Å². The number of hydrogen-bond acceptors (Lipinski definition) is 4. The van der Waals surface area contributed by atoms with E-state index in [0.29, 0.717) is 12.0 Å². The summed E-state index contributed by atoms with van der Waals surface area (Å²) >= 11 is 0. The first-order chi connectivity index (χ1) is 8.69. The number of nitrogens with zero attached hydrogens (tertiary/aromatic N) is 3. The largest absolute Gasteiger partial charge is 0.378 e. The molecule has 0 aliphatic carbocycles. The minimum atomic E-state index is 0.508. The molecule has 1 aliphatic rings. The molecule has 1 N–H and O–H groups in total. The Bertz CT molecular complexity index is 364. The summed E-state index contributed by atoms with van der Waals surface area (Å²) in [6, 6.07) is 0.508. The van der Waals surface area contributed by atoms with Crippen molar-refractivity contribution in [1.29, 1.82) is 0 Å². The maximum Gasteiger partial charge on any atom is 0.150 e. The zero-order chi connectivity index (χ0) is 13.0. The van der Waals surface area contributed by atoms with Gasteiger partial charge in [-0.3, -0.25) is 10.00 Å². The average Bonchev–Trinajstić information content (AvgIpc) is 2.79. The van der Waals surface area contributed by atoms with E-state index in [-0.39, 0.29) is 0 Å². The van der Waals surface area contributed by atoms with Gasteiger partial charge in [-0.25, -0.2) is 4.98 Å². The van der Waals surface area contributed by atoms with Crippen LogP contribution in [0.3, 0.4) is 0 Å². The Kier molecular flexibility index (Phi) is 4.72. The standard InChI is InChI=1S/C13H24N4O/c1-4-12-14-13(16-15-12)8-17-5-6-18-9-11(17)7-10(2)3/h10-11H,4-9H2,1-3H3,(H,14,15,16)/t11-/m1/s1. The van der Waals surface area contributed by atoms with E-state index < -0.39 is 0 Å². The zero-order valence-electron chi connectivity index (χ0n) is 11.6. The molecule has 0 amide bonds. The molecule has 1 aliphatic heterocycles. The third-order valence-electron chi connectivity index (χ3n) is 3.34. The van der Waals surface area contributed by atoms with Crippen LogP contribution in [0.2, 0.25) is 0 Å². The lowest BCUT2D eigenvalue weighted by atomic mass is 10.0. The second kappa shape index (κ2) is 6.29. The smallest absolute Gasteiger partial charge is 0.150 e. The molecule has 0 bridgehead atoms. The molecule has 1 aromatic rings. The Labute approximate surface area is 109 Å². The first kappa shape index (κ1) is 13.5. The minimum Gasteiger partial charge on any atom is -0.378 e. The van der Waals surface area contributed by atoms with Crippen LogP contribution in [0, 0.1) is 5.92 Å². The Balaban J connectivity index is 1.96. The molecule has 2 heterocycles. The predicted molar refractivity (Wildman–Crippen MR) is 70.2 cm³/mol. The first-order valence-corrected chi connectivity index (χ1v) is 6.91. The second-order valence-electron chi connectivity index (χ2n) is 5.38. The summed E-state index contributed by atoms with van der Waals surface area (Å²) in [4.78, 5) is 6.95. The van der Waals surface area contributed by atoms with Crippen LogP contribution in [0.1, 0.15) is 38.8 Å². The van der Waals surface area contributed by atoms with E-state index in [2.05, 4.69) is 40.9 Å². The number of nitrogens with one attached hydrogen (secondary N) is 1. The van der Waals surface area contributed by atoms with Crippen molar-refractivity contribution in [3.8, 4) is 0 Å². The average molecular weight is 252 g/mol. The van der Waals surface area contributed by atoms with Crippen LogP contribution in [-0.4, -0.2) is 45.9 Å². The van der Waals surface area contributed by atoms with Gasteiger partial charge in [0.2, 0.25) is 0 Å². The van der Waals surface area contributed by atoms with Crippen LogP contribution >= 0.6 is 0 Å². The highest BCUT2D eigenvalue weighted by Crippen LogP contribution is 2.17. The molecule has 0 aromatic carbocycles. The Morgan fingerprint density at radius 1 is 1.50 bits per heavy atom. The summed E-state index contributed by atoms with van der Waals surface area (Å²) in [5.74, 6) is 2.57. The van der Waals surface area contributed by atoms with Crippen molar-refractivity contribution >= 4 is 0 Å². The first-order valence-electron chi connectivity index (χ1n) is 6.91. The van der Waals surface area contributed by atoms with E-state index in [1.807, 2.05) is 0 Å². The van der Waals surface area contributed by atoms with Crippen molar-refractivity contribution in [1.82, 2.24) is 20.1 Å². The number of ether oxygens (including phenoxy) is 1. The molecule has 0 saturated carbocycles. The van der Waals surface area contributed by atoms with Crippen LogP contribution in [0.5, 0.6) is 0 Å². The number of aryl methyl sites for hydroxylation is 1. The molecular formula is C13H24N4O. The molecule has 0 radical (unpaired) electrons. The highest BCUT2D eigenvalue weighted by atomic mass is 16.5. The van der Waals surface area contributed by atoms with Gasteiger partial charge >= 0.3 is 0 Å². The lowest BCUT2D eigenvalue weighted by Gasteiger charge is -2.35. The van der Waals surface area contributed by atoms with Crippen molar-refractivity contribution in [3.05, 3.63) is 11.6 Å². The number of H-pyrrole nitrogens is 1. The SMILES string of the molecule is CCc1n[nH]c(CN2CCOC[C@H]2CC(C)C)n1. The normalized spacial score (nSPS) is 21.7. The number of aromatic nitrogens is 3. The molecule has 0 unspecified atom stereocenters. The predicted octanol–water partition coefficient (Wildman–Crippen LogP) is 1.61. The fourth-order valence-electron chi connectivity index (χ4n) is 2.41. The number of aromatic amines is 1. The summed E-state index contributed by atoms with van der Waals surface area (Å²) in [5, 5.41) is 7.23. The van der Waals surface area contributed by atoms with Gasteiger partial charge in [0.05, 0.1) is 19.8 Å². The van der Waals surface area contributed by atoms with Crippen molar-refractivity contribution in [2.24, 2.45) is 5.92 Å². The van der Waals surface area contributed by atoms with E-state index in [0.717, 1.165) is 44.4 Å². The van der Waals surface area contributed by atoms with Gasteiger partial charge in [0.15, 0.2) is 0 Å². The van der Waals surface area contributed by atoms with Gasteiger partial charge in [-0.05, 0) is 12.3 Å². The van der Waals surface area contributed by atoms with Crippen LogP contribution in [0.4, 0.5) is 0 Å². The van der Waals surface area contributed by atoms with E-state index in [1.54, 1.807) is 0 Å². The van der Waals surface area contributed by atoms with Gasteiger partial charge in [-0.15, -0.1) is 0 Å². The van der Waals surface area contributed by atoms with E-state index in [4.69, 9.17) is 4.74 Å². The third kappa shape index (κ3) is 3.53. The second-order valence-corrected chi connectivity index (χ2v) is 5.38. The van der Waals surface area contributed by atoms with Gasteiger partial charge in [-0.2, -0.15) is 5.10 Å². The van der Waals surface area contributed by atoms with Crippen molar-refractivity contribution in [2.75, 3.05) is 19.8 Å². The highest BCUT2D eigenvalue weighted by molar-refractivity contribution is 4.91. The molecule has 1 saturated heterocycles. The lowest BCUT2D eigenvalue weighted by Crippen LogP contribution is -2.45. The monoisotopic (exact) mass is 252 g/mol. The Morgan fingerprint density at radius 2 is 2.33 bits per heavy atom. The van der Waals surface area contributed by atoms with E-state index in [9.17, 15) is 0 Å². The molecule has 18 heavy (non-hydrogen) atoms. The number of morpholine rings is 1. The number of hydrogen-bond donors (Lipinski definition) is 1. The molecule has 1 fully saturated rings. The van der Waals surface area contributed by atoms with Crippen molar-refractivity contribution < 1.29 is 4.74 Å². The van der Waals surface area contributed by atoms with Gasteiger partial charge in [0.1, 0.15) is 11.6 Å². The summed E-state index contributed by atoms with van der Waals surface area (Å²) < 4.78 is 5.59. The Hall–Kier alpha value is -0.940. The van der Waals surface area contributed by atoms with Crippen LogP contribution < -0.4 is 0 Å². The zero-order valence-corrected chi connectivity index (χ0v) is 11.6. The van der Waals surface area contributed by atoms with Gasteiger partial charge in [0.25, 0.3) is 0 Å². The van der Waals surface area contributed by atoms with E-state index in [1.165, 1.54) is 6.42 Å². The fourth-order valence-corrected chi connectivity index (χ4v) is 2.41. The summed E-state index contributed by atoms with van der Waals surface area (Å²) in [6.45, 7) is 10.1. The van der Waals surface area contributed by atoms with Gasteiger partial charge in [0, 0.05) is 19.0 Å². The molecule has 1 atom stereocenters. The third-order valence-corrected chi connectivity index (χ3v) is 3.34. The summed E-state index contributed by atoms with van der Waals surface area (Å²) in [6.07, 6.45) is 2.06. The van der Waals surface area contributed by atoms with Gasteiger partial charge in [-0.1, -0.05) is 20.8 Å². The topological polar surface area (TPSA) is 54.0 Å². The summed E-state index contributed by atoms with van der Waals surface area (Å²) in [5.41, 5.74) is 0. The quantitative estimate of drug-likeness (QED) is 0.865. The molecule has 5 heteroatoms. The molecule has 0 spiro atoms. The highest BCUT2D eigenvalue weighted by Gasteiger charge is 2.24. The number of rotatable bonds is 5. The maximum absolute atomic E-state index is 5.59. The summed E-state index contributed by atoms with van der Waals surface area (Å²) in [7, 11) is 0. The van der Waals surface area contributed by atoms with Crippen LogP contribution in [0.15, 0.2) is 0 Å². The van der Waals surface area contributed by atoms with Crippen LogP contribution in [0.25, 0.3) is 0 Å². The molecule has 5 nitrogen and oxygen atoms in total. The molecule has 1 aromatic heterocycles. The molecule has 102 valence electrons. The van der Waals surface area contributed by atoms with E-state index >= 15 is 0 Å². The maximum atomic E-state index is 5.59. The lowest BCUT2D eigenvalue weighted by molar-refractivity contribution is -0.0197. The van der Waals surface area contributed by atoms with Crippen molar-refractivity contribution in [2.45, 2.75) is 46.2 Å². The van der Waals surface area contributed by atoms with Crippen molar-refractivity contribution in [3.63, 3.8) is 0 Å². The van der Waals surface area contributed by atoms with Gasteiger partial charge < -0.3 is 4.74 Å². The minimum absolute atomic E-state index is 0.508. The Morgan fingerprint density at radius 3 is 3.00 bits per heavy atom. The molecule has 2 rings (SSSR count). The fraction of sp³-hybridized carbons (Fsp3) is 0.846. The molecular weight excluding hydrogens is 228 g/mol.